The molecule has 2 aromatic rings. The number of carbonyl (C=O) groups is 1. The minimum atomic E-state index is -0.498. The zero-order chi connectivity index (χ0) is 18.8. The van der Waals surface area contributed by atoms with Gasteiger partial charge in [-0.05, 0) is 12.1 Å². The van der Waals surface area contributed by atoms with Crippen LogP contribution < -0.4 is 16.1 Å². The summed E-state index contributed by atoms with van der Waals surface area (Å²) in [6.45, 7) is 1.73. The van der Waals surface area contributed by atoms with E-state index in [-0.39, 0.29) is 22.9 Å². The van der Waals surface area contributed by atoms with E-state index in [0.29, 0.717) is 32.0 Å². The number of hydrogen-bond donors (Lipinski definition) is 1. The molecule has 9 heteroatoms. The van der Waals surface area contributed by atoms with Gasteiger partial charge in [-0.2, -0.15) is 0 Å². The summed E-state index contributed by atoms with van der Waals surface area (Å²) < 4.78 is 14.8. The van der Waals surface area contributed by atoms with Crippen molar-refractivity contribution in [1.82, 2.24) is 14.5 Å². The summed E-state index contributed by atoms with van der Waals surface area (Å²) in [4.78, 5) is 42.0. The van der Waals surface area contributed by atoms with Gasteiger partial charge in [0, 0.05) is 49.9 Å². The second kappa shape index (κ2) is 7.33. The van der Waals surface area contributed by atoms with Crippen LogP contribution in [0.15, 0.2) is 33.9 Å². The number of aromatic nitrogens is 2. The second-order valence-electron chi connectivity index (χ2n) is 6.10. The number of anilines is 1. The van der Waals surface area contributed by atoms with Gasteiger partial charge in [-0.25, -0.2) is 9.18 Å². The first-order valence-electron chi connectivity index (χ1n) is 8.13. The number of piperazine rings is 1. The average molecular weight is 381 g/mol. The molecular weight excluding hydrogens is 363 g/mol. The number of rotatable bonds is 3. The van der Waals surface area contributed by atoms with E-state index >= 15 is 0 Å². The van der Waals surface area contributed by atoms with E-state index in [2.05, 4.69) is 4.98 Å². The van der Waals surface area contributed by atoms with Crippen LogP contribution in [0.5, 0.6) is 0 Å². The van der Waals surface area contributed by atoms with Crippen LogP contribution in [0.1, 0.15) is 5.56 Å². The summed E-state index contributed by atoms with van der Waals surface area (Å²) >= 11 is 5.97. The molecule has 0 bridgehead atoms. The van der Waals surface area contributed by atoms with Crippen molar-refractivity contribution in [2.24, 2.45) is 7.05 Å². The Morgan fingerprint density at radius 3 is 2.54 bits per heavy atom. The minimum Gasteiger partial charge on any atom is -0.354 e. The highest BCUT2D eigenvalue weighted by Crippen LogP contribution is 2.20. The first kappa shape index (κ1) is 18.2. The van der Waals surface area contributed by atoms with Gasteiger partial charge in [0.25, 0.3) is 5.56 Å². The van der Waals surface area contributed by atoms with Crippen molar-refractivity contribution in [2.75, 3.05) is 31.1 Å². The Hall–Kier alpha value is -2.61. The molecule has 26 heavy (non-hydrogen) atoms. The number of nitrogens with zero attached hydrogens (tertiary/aromatic N) is 3. The first-order valence-corrected chi connectivity index (χ1v) is 8.50. The second-order valence-corrected chi connectivity index (χ2v) is 6.51. The lowest BCUT2D eigenvalue weighted by Crippen LogP contribution is -2.50. The van der Waals surface area contributed by atoms with Gasteiger partial charge in [0.15, 0.2) is 0 Å². The molecule has 1 N–H and O–H groups in total. The van der Waals surface area contributed by atoms with Crippen molar-refractivity contribution < 1.29 is 9.18 Å². The van der Waals surface area contributed by atoms with E-state index in [0.717, 1.165) is 4.57 Å². The minimum absolute atomic E-state index is 0.103. The first-order chi connectivity index (χ1) is 12.4. The third kappa shape index (κ3) is 3.65. The quantitative estimate of drug-likeness (QED) is 0.852. The summed E-state index contributed by atoms with van der Waals surface area (Å²) in [6.07, 6.45) is -0.103. The van der Waals surface area contributed by atoms with Crippen molar-refractivity contribution in [3.8, 4) is 0 Å². The molecule has 3 rings (SSSR count). The predicted octanol–water partition coefficient (Wildman–Crippen LogP) is 0.757. The van der Waals surface area contributed by atoms with E-state index in [1.807, 2.05) is 4.90 Å². The molecule has 1 aromatic heterocycles. The molecular formula is C17H18ClFN4O3. The summed E-state index contributed by atoms with van der Waals surface area (Å²) in [6, 6.07) is 5.68. The molecule has 0 radical (unpaired) electrons. The van der Waals surface area contributed by atoms with Gasteiger partial charge >= 0.3 is 5.69 Å². The largest absolute Gasteiger partial charge is 0.354 e. The fourth-order valence-electron chi connectivity index (χ4n) is 2.87. The summed E-state index contributed by atoms with van der Waals surface area (Å²) in [7, 11) is 1.40. The fourth-order valence-corrected chi connectivity index (χ4v) is 3.10. The van der Waals surface area contributed by atoms with E-state index in [4.69, 9.17) is 11.6 Å². The van der Waals surface area contributed by atoms with Gasteiger partial charge in [-0.3, -0.25) is 19.1 Å². The van der Waals surface area contributed by atoms with Crippen LogP contribution in [0.25, 0.3) is 0 Å². The van der Waals surface area contributed by atoms with E-state index in [1.165, 1.54) is 25.2 Å². The van der Waals surface area contributed by atoms with Gasteiger partial charge in [-0.15, -0.1) is 0 Å². The van der Waals surface area contributed by atoms with Gasteiger partial charge in [0.05, 0.1) is 6.42 Å². The van der Waals surface area contributed by atoms with Gasteiger partial charge in [0.1, 0.15) is 11.6 Å². The van der Waals surface area contributed by atoms with Crippen LogP contribution in [0, 0.1) is 5.82 Å². The Balaban J connectivity index is 1.66. The van der Waals surface area contributed by atoms with Gasteiger partial charge in [0.2, 0.25) is 5.91 Å². The topological polar surface area (TPSA) is 78.4 Å². The lowest BCUT2D eigenvalue weighted by Gasteiger charge is -2.35. The molecule has 1 aliphatic heterocycles. The molecule has 0 spiro atoms. The fraction of sp³-hybridized carbons (Fsp3) is 0.353. The average Bonchev–Trinajstić information content (AvgIpc) is 2.62. The van der Waals surface area contributed by atoms with Crippen molar-refractivity contribution in [1.29, 1.82) is 0 Å². The smallest absolute Gasteiger partial charge is 0.329 e. The van der Waals surface area contributed by atoms with Gasteiger partial charge < -0.3 is 9.80 Å². The lowest BCUT2D eigenvalue weighted by atomic mass is 10.1. The number of H-pyrrole nitrogens is 1. The van der Waals surface area contributed by atoms with Crippen molar-refractivity contribution in [3.63, 3.8) is 0 Å². The number of nitrogens with one attached hydrogen (secondary N) is 1. The number of benzene rings is 1. The lowest BCUT2D eigenvalue weighted by molar-refractivity contribution is -0.130. The number of aromatic amines is 1. The monoisotopic (exact) mass is 380 g/mol. The molecule has 1 fully saturated rings. The summed E-state index contributed by atoms with van der Waals surface area (Å²) in [5.74, 6) is -0.279. The molecule has 1 aromatic carbocycles. The highest BCUT2D eigenvalue weighted by atomic mass is 35.5. The molecule has 7 nitrogen and oxygen atoms in total. The normalized spacial score (nSPS) is 14.6. The Morgan fingerprint density at radius 2 is 1.92 bits per heavy atom. The van der Waals surface area contributed by atoms with Crippen molar-refractivity contribution >= 4 is 23.3 Å². The number of amides is 1. The van der Waals surface area contributed by atoms with Crippen LogP contribution in [0.3, 0.4) is 0 Å². The molecule has 0 atom stereocenters. The van der Waals surface area contributed by atoms with Crippen LogP contribution in [0.2, 0.25) is 5.02 Å². The Bertz CT molecular complexity index is 896. The van der Waals surface area contributed by atoms with Crippen LogP contribution in [-0.2, 0) is 18.3 Å². The van der Waals surface area contributed by atoms with Crippen molar-refractivity contribution in [3.05, 3.63) is 61.5 Å². The summed E-state index contributed by atoms with van der Waals surface area (Å²) in [5, 5.41) is 0.231. The summed E-state index contributed by atoms with van der Waals surface area (Å²) in [5.41, 5.74) is -0.686. The zero-order valence-electron chi connectivity index (χ0n) is 14.2. The van der Waals surface area contributed by atoms with E-state index in [9.17, 15) is 18.8 Å². The number of carbonyl (C=O) groups excluding carboxylic acids is 1. The molecule has 138 valence electrons. The Morgan fingerprint density at radius 1 is 1.23 bits per heavy atom. The standard InChI is InChI=1S/C17H18ClFN4O3/c1-21-15(24)10-14(20-17(21)26)22-5-7-23(8-6-22)16(25)9-11-12(18)3-2-4-13(11)19/h2-4,10H,5-9H2,1H3,(H,20,26). The molecule has 0 aliphatic carbocycles. The molecule has 1 aliphatic rings. The SMILES string of the molecule is Cn1c(=O)cc(N2CCN(C(=O)Cc3c(F)cccc3Cl)CC2)[nH]c1=O. The number of halogens is 2. The van der Waals surface area contributed by atoms with Crippen LogP contribution in [-0.4, -0.2) is 46.5 Å². The van der Waals surface area contributed by atoms with Gasteiger partial charge in [-0.1, -0.05) is 17.7 Å². The molecule has 0 saturated carbocycles. The van der Waals surface area contributed by atoms with Crippen molar-refractivity contribution in [2.45, 2.75) is 6.42 Å². The Kier molecular flexibility index (Phi) is 5.13. The number of hydrogen-bond acceptors (Lipinski definition) is 4. The third-order valence-corrected chi connectivity index (χ3v) is 4.85. The highest BCUT2D eigenvalue weighted by Gasteiger charge is 2.23. The Labute approximate surface area is 153 Å². The van der Waals surface area contributed by atoms with E-state index < -0.39 is 17.1 Å². The molecule has 1 saturated heterocycles. The maximum absolute atomic E-state index is 13.8. The van der Waals surface area contributed by atoms with E-state index in [1.54, 1.807) is 11.0 Å². The predicted molar refractivity (Wildman–Crippen MR) is 96.2 cm³/mol. The highest BCUT2D eigenvalue weighted by molar-refractivity contribution is 6.31. The van der Waals surface area contributed by atoms with Crippen LogP contribution in [0.4, 0.5) is 10.2 Å². The molecule has 0 unspecified atom stereocenters. The third-order valence-electron chi connectivity index (χ3n) is 4.49. The maximum atomic E-state index is 13.8. The molecule has 2 heterocycles. The maximum Gasteiger partial charge on any atom is 0.329 e. The van der Waals surface area contributed by atoms with Crippen LogP contribution >= 0.6 is 11.6 Å². The molecule has 1 amide bonds. The zero-order valence-corrected chi connectivity index (χ0v) is 14.9.